The minimum Gasteiger partial charge on any atom is -0.387 e. The van der Waals surface area contributed by atoms with Gasteiger partial charge in [0.1, 0.15) is 0 Å². The van der Waals surface area contributed by atoms with Gasteiger partial charge in [0.15, 0.2) is 0 Å². The Kier molecular flexibility index (Phi) is 19.4. The van der Waals surface area contributed by atoms with E-state index in [1.165, 1.54) is 57.8 Å². The molecule has 37 heavy (non-hydrogen) atoms. The van der Waals surface area contributed by atoms with Crippen molar-refractivity contribution in [2.45, 2.75) is 122 Å². The highest BCUT2D eigenvalue weighted by molar-refractivity contribution is 8.76. The summed E-state index contributed by atoms with van der Waals surface area (Å²) >= 11 is 4.21. The van der Waals surface area contributed by atoms with E-state index >= 15 is 0 Å². The maximum absolute atomic E-state index is 6.17. The monoisotopic (exact) mass is 590 g/mol. The molecule has 4 nitrogen and oxygen atoms in total. The SMILES string of the molecule is CCCC(C)(CCC)SCCN=C(N)CCSSCCC(N)=NCCSC1CCC1C(C)(CC)CCC. The fourth-order valence-corrected chi connectivity index (χ4v) is 10.3. The molecule has 4 N–H and O–H groups in total. The van der Waals surface area contributed by atoms with E-state index in [1.54, 1.807) is 0 Å². The van der Waals surface area contributed by atoms with Crippen molar-refractivity contribution < 1.29 is 0 Å². The van der Waals surface area contributed by atoms with Gasteiger partial charge < -0.3 is 11.5 Å². The molecule has 1 aliphatic carbocycles. The van der Waals surface area contributed by atoms with Crippen LogP contribution < -0.4 is 11.5 Å². The lowest BCUT2D eigenvalue weighted by atomic mass is 9.63. The summed E-state index contributed by atoms with van der Waals surface area (Å²) in [5, 5.41) is 0.830. The fourth-order valence-electron chi connectivity index (χ4n) is 5.43. The van der Waals surface area contributed by atoms with Crippen LogP contribution in [0.3, 0.4) is 0 Å². The molecule has 0 amide bonds. The van der Waals surface area contributed by atoms with Crippen molar-refractivity contribution in [1.29, 1.82) is 0 Å². The number of nitrogens with zero attached hydrogens (tertiary/aromatic N) is 2. The van der Waals surface area contributed by atoms with Crippen LogP contribution in [0.15, 0.2) is 9.98 Å². The summed E-state index contributed by atoms with van der Waals surface area (Å²) in [6.07, 6.45) is 13.6. The Morgan fingerprint density at radius 1 is 0.757 bits per heavy atom. The third kappa shape index (κ3) is 14.5. The second kappa shape index (κ2) is 20.3. The van der Waals surface area contributed by atoms with Gasteiger partial charge in [-0.3, -0.25) is 9.98 Å². The third-order valence-electron chi connectivity index (χ3n) is 7.85. The van der Waals surface area contributed by atoms with Crippen molar-refractivity contribution in [3.63, 3.8) is 0 Å². The number of rotatable bonds is 23. The van der Waals surface area contributed by atoms with Gasteiger partial charge in [-0.25, -0.2) is 0 Å². The van der Waals surface area contributed by atoms with Crippen LogP contribution in [0, 0.1) is 11.3 Å². The zero-order valence-corrected chi connectivity index (χ0v) is 28.1. The van der Waals surface area contributed by atoms with Crippen molar-refractivity contribution in [2.75, 3.05) is 36.1 Å². The highest BCUT2D eigenvalue weighted by atomic mass is 33.1. The topological polar surface area (TPSA) is 76.8 Å². The van der Waals surface area contributed by atoms with Crippen molar-refractivity contribution >= 4 is 56.8 Å². The van der Waals surface area contributed by atoms with E-state index in [4.69, 9.17) is 11.5 Å². The smallest absolute Gasteiger partial charge is 0.0946 e. The summed E-state index contributed by atoms with van der Waals surface area (Å²) in [4.78, 5) is 9.24. The van der Waals surface area contributed by atoms with E-state index in [-0.39, 0.29) is 0 Å². The van der Waals surface area contributed by atoms with E-state index in [0.717, 1.165) is 71.8 Å². The molecule has 0 bridgehead atoms. The molecular weight excluding hydrogens is 533 g/mol. The molecule has 1 saturated carbocycles. The molecule has 0 aliphatic heterocycles. The Bertz CT molecular complexity index is 652. The molecule has 0 heterocycles. The van der Waals surface area contributed by atoms with Crippen LogP contribution in [0.4, 0.5) is 0 Å². The first kappa shape index (κ1) is 35.4. The maximum atomic E-state index is 6.17. The average Bonchev–Trinajstić information content (AvgIpc) is 2.83. The van der Waals surface area contributed by atoms with Gasteiger partial charge in [-0.15, -0.1) is 0 Å². The Labute approximate surface area is 246 Å². The largest absolute Gasteiger partial charge is 0.387 e. The molecule has 0 aromatic carbocycles. The summed E-state index contributed by atoms with van der Waals surface area (Å²) in [5.74, 6) is 6.66. The second-order valence-corrected chi connectivity index (χ2v) is 16.8. The molecule has 0 spiro atoms. The van der Waals surface area contributed by atoms with Gasteiger partial charge in [0.05, 0.1) is 11.7 Å². The van der Waals surface area contributed by atoms with Crippen LogP contribution in [0.5, 0.6) is 0 Å². The molecule has 1 aliphatic rings. The fraction of sp³-hybridized carbons (Fsp3) is 0.931. The second-order valence-electron chi connectivity index (χ2n) is 11.0. The molecule has 1 fully saturated rings. The number of thioether (sulfide) groups is 2. The zero-order chi connectivity index (χ0) is 27.6. The normalized spacial score (nSPS) is 20.6. The number of nitrogens with two attached hydrogens (primary N) is 2. The Morgan fingerprint density at radius 2 is 1.30 bits per heavy atom. The molecule has 0 aromatic heterocycles. The number of hydrogen-bond donors (Lipinski definition) is 2. The van der Waals surface area contributed by atoms with Crippen LogP contribution in [0.1, 0.15) is 112 Å². The van der Waals surface area contributed by atoms with Gasteiger partial charge in [0, 0.05) is 58.9 Å². The van der Waals surface area contributed by atoms with E-state index in [2.05, 4.69) is 75.1 Å². The number of hydrogen-bond acceptors (Lipinski definition) is 6. The standard InChI is InChI=1S/C29H58N4S4/c1-7-15-28(5,10-4)24-11-12-25(24)34-22-18-32-26(30)13-20-36-37-21-14-27(31)33-19-23-35-29(6,16-8-2)17-9-3/h24-25H,7-23H2,1-6H3,(H2,30,32)(H2,31,33). The van der Waals surface area contributed by atoms with Gasteiger partial charge in [-0.2, -0.15) is 23.5 Å². The predicted molar refractivity (Wildman–Crippen MR) is 180 cm³/mol. The molecule has 8 heteroatoms. The van der Waals surface area contributed by atoms with Crippen molar-refractivity contribution in [2.24, 2.45) is 32.8 Å². The average molecular weight is 591 g/mol. The summed E-state index contributed by atoms with van der Waals surface area (Å²) < 4.78 is 0.398. The van der Waals surface area contributed by atoms with Crippen LogP contribution >= 0.6 is 45.1 Å². The lowest BCUT2D eigenvalue weighted by Gasteiger charge is -2.48. The first-order chi connectivity index (χ1) is 17.7. The van der Waals surface area contributed by atoms with E-state index in [0.29, 0.717) is 10.2 Å². The third-order valence-corrected chi connectivity index (χ3v) is 13.2. The number of amidine groups is 2. The quantitative estimate of drug-likeness (QED) is 0.0536. The first-order valence-corrected chi connectivity index (χ1v) is 19.3. The van der Waals surface area contributed by atoms with Crippen LogP contribution in [-0.2, 0) is 0 Å². The van der Waals surface area contributed by atoms with Gasteiger partial charge in [-0.05, 0) is 43.4 Å². The number of aliphatic imine (C=N–C) groups is 2. The van der Waals surface area contributed by atoms with E-state index < -0.39 is 0 Å². The maximum Gasteiger partial charge on any atom is 0.0946 e. The summed E-state index contributed by atoms with van der Waals surface area (Å²) in [5.41, 5.74) is 12.8. The summed E-state index contributed by atoms with van der Waals surface area (Å²) in [6, 6.07) is 0. The Balaban J connectivity index is 2.11. The molecule has 3 atom stereocenters. The molecular formula is C29H58N4S4. The van der Waals surface area contributed by atoms with Crippen molar-refractivity contribution in [3.05, 3.63) is 0 Å². The molecule has 0 saturated heterocycles. The van der Waals surface area contributed by atoms with Crippen LogP contribution in [0.2, 0.25) is 0 Å². The van der Waals surface area contributed by atoms with E-state index in [9.17, 15) is 0 Å². The molecule has 0 radical (unpaired) electrons. The summed E-state index contributed by atoms with van der Waals surface area (Å²) in [7, 11) is 3.74. The Hall–Kier alpha value is 0.340. The van der Waals surface area contributed by atoms with Crippen molar-refractivity contribution in [1.82, 2.24) is 0 Å². The minimum atomic E-state index is 0.398. The Morgan fingerprint density at radius 3 is 1.76 bits per heavy atom. The van der Waals surface area contributed by atoms with Gasteiger partial charge in [-0.1, -0.05) is 88.8 Å². The van der Waals surface area contributed by atoms with Crippen LogP contribution in [0.25, 0.3) is 0 Å². The highest BCUT2D eigenvalue weighted by Crippen LogP contribution is 2.51. The summed E-state index contributed by atoms with van der Waals surface area (Å²) in [6.45, 7) is 15.9. The zero-order valence-electron chi connectivity index (χ0n) is 24.9. The first-order valence-electron chi connectivity index (χ1n) is 14.8. The molecule has 1 rings (SSSR count). The van der Waals surface area contributed by atoms with Gasteiger partial charge in [0.25, 0.3) is 0 Å². The van der Waals surface area contributed by atoms with Gasteiger partial charge >= 0.3 is 0 Å². The minimum absolute atomic E-state index is 0.398. The predicted octanol–water partition coefficient (Wildman–Crippen LogP) is 8.68. The molecule has 218 valence electrons. The van der Waals surface area contributed by atoms with Crippen molar-refractivity contribution in [3.8, 4) is 0 Å². The van der Waals surface area contributed by atoms with E-state index in [1.807, 2.05) is 21.6 Å². The highest BCUT2D eigenvalue weighted by Gasteiger charge is 2.42. The van der Waals surface area contributed by atoms with Gasteiger partial charge in [0.2, 0.25) is 0 Å². The molecule has 3 unspecified atom stereocenters. The lowest BCUT2D eigenvalue weighted by molar-refractivity contribution is 0.0935. The van der Waals surface area contributed by atoms with Crippen LogP contribution in [-0.4, -0.2) is 57.8 Å². The molecule has 0 aromatic rings. The lowest BCUT2D eigenvalue weighted by Crippen LogP contribution is -2.41.